The van der Waals surface area contributed by atoms with Crippen LogP contribution in [-0.4, -0.2) is 34.2 Å². The summed E-state index contributed by atoms with van der Waals surface area (Å²) in [5.41, 5.74) is 3.29. The third kappa shape index (κ3) is 2.50. The van der Waals surface area contributed by atoms with E-state index in [9.17, 15) is 9.59 Å². The Morgan fingerprint density at radius 1 is 1.35 bits per heavy atom. The first-order valence-electron chi connectivity index (χ1n) is 6.16. The first kappa shape index (κ1) is 13.0. The van der Waals surface area contributed by atoms with Gasteiger partial charge >= 0.3 is 5.97 Å². The van der Waals surface area contributed by atoms with Gasteiger partial charge in [-0.3, -0.25) is 4.79 Å². The number of benzene rings is 1. The molecule has 2 atom stereocenters. The molecule has 7 heteroatoms. The quantitative estimate of drug-likeness (QED) is 0.901. The molecule has 1 aromatic heterocycles. The fourth-order valence-electron chi connectivity index (χ4n) is 2.17. The van der Waals surface area contributed by atoms with Crippen LogP contribution in [0.1, 0.15) is 12.8 Å². The first-order chi connectivity index (χ1) is 9.63. The van der Waals surface area contributed by atoms with Gasteiger partial charge in [0.15, 0.2) is 6.10 Å². The summed E-state index contributed by atoms with van der Waals surface area (Å²) in [6.07, 6.45) is -0.796. The maximum atomic E-state index is 12.0. The number of fused-ring (bicyclic) bond motifs is 1. The average Bonchev–Trinajstić information content (AvgIpc) is 3.07. The number of nitrogens with one attached hydrogen (secondary N) is 1. The molecule has 0 radical (unpaired) electrons. The van der Waals surface area contributed by atoms with Crippen molar-refractivity contribution in [3.05, 3.63) is 23.7 Å². The number of rotatable bonds is 3. The van der Waals surface area contributed by atoms with Gasteiger partial charge in [0, 0.05) is 5.69 Å². The molecule has 1 saturated heterocycles. The van der Waals surface area contributed by atoms with Gasteiger partial charge in [-0.2, -0.15) is 0 Å². The Morgan fingerprint density at radius 3 is 2.90 bits per heavy atom. The number of aromatic nitrogens is 1. The number of carboxylic acid groups (broad SMARTS) is 1. The summed E-state index contributed by atoms with van der Waals surface area (Å²) < 4.78 is 6.19. The van der Waals surface area contributed by atoms with E-state index in [-0.39, 0.29) is 5.91 Å². The predicted molar refractivity (Wildman–Crippen MR) is 73.8 cm³/mol. The highest BCUT2D eigenvalue weighted by Crippen LogP contribution is 2.24. The summed E-state index contributed by atoms with van der Waals surface area (Å²) >= 11 is 1.49. The standard InChI is InChI=1S/C13H12N2O4S/c16-12(9-3-4-10(19-9)13(17)18)15-7-1-2-8-11(5-7)20-6-14-8/h1-2,5-6,9-10H,3-4H2,(H,15,16)(H,17,18)/t9-,10+/m0/s1. The fraction of sp³-hybridized carbons (Fsp3) is 0.308. The number of carboxylic acids is 1. The Kier molecular flexibility index (Phi) is 3.37. The number of anilines is 1. The SMILES string of the molecule is O=C(Nc1ccc2ncsc2c1)[C@@H]1CC[C@H](C(=O)O)O1. The Labute approximate surface area is 118 Å². The van der Waals surface area contributed by atoms with Crippen molar-refractivity contribution in [3.63, 3.8) is 0 Å². The predicted octanol–water partition coefficient (Wildman–Crippen LogP) is 1.87. The van der Waals surface area contributed by atoms with Crippen LogP contribution < -0.4 is 5.32 Å². The van der Waals surface area contributed by atoms with Gasteiger partial charge < -0.3 is 15.2 Å². The first-order valence-corrected chi connectivity index (χ1v) is 7.04. The van der Waals surface area contributed by atoms with Gasteiger partial charge in [0.2, 0.25) is 0 Å². The molecule has 0 saturated carbocycles. The lowest BCUT2D eigenvalue weighted by Gasteiger charge is -2.11. The second kappa shape index (κ2) is 5.18. The lowest BCUT2D eigenvalue weighted by molar-refractivity contribution is -0.150. The van der Waals surface area contributed by atoms with E-state index in [1.165, 1.54) is 11.3 Å². The minimum Gasteiger partial charge on any atom is -0.479 e. The molecule has 3 rings (SSSR count). The molecule has 104 valence electrons. The molecule has 1 fully saturated rings. The zero-order chi connectivity index (χ0) is 14.1. The molecule has 1 aliphatic heterocycles. The van der Waals surface area contributed by atoms with E-state index in [0.29, 0.717) is 18.5 Å². The summed E-state index contributed by atoms with van der Waals surface area (Å²) in [6, 6.07) is 5.44. The second-order valence-corrected chi connectivity index (χ2v) is 5.44. The van der Waals surface area contributed by atoms with Gasteiger partial charge in [-0.1, -0.05) is 0 Å². The molecule has 2 N–H and O–H groups in total. The van der Waals surface area contributed by atoms with Crippen molar-refractivity contribution in [2.24, 2.45) is 0 Å². The van der Waals surface area contributed by atoms with Crippen molar-refractivity contribution in [1.82, 2.24) is 4.98 Å². The van der Waals surface area contributed by atoms with Crippen LogP contribution in [-0.2, 0) is 14.3 Å². The molecular weight excluding hydrogens is 280 g/mol. The molecule has 1 aliphatic rings. The van der Waals surface area contributed by atoms with Crippen LogP contribution in [0.15, 0.2) is 23.7 Å². The van der Waals surface area contributed by atoms with Gasteiger partial charge in [0.05, 0.1) is 15.7 Å². The van der Waals surface area contributed by atoms with Crippen LogP contribution in [0.25, 0.3) is 10.2 Å². The Hall–Kier alpha value is -1.99. The van der Waals surface area contributed by atoms with Crippen molar-refractivity contribution in [1.29, 1.82) is 0 Å². The number of hydrogen-bond acceptors (Lipinski definition) is 5. The van der Waals surface area contributed by atoms with Gasteiger partial charge in [-0.25, -0.2) is 9.78 Å². The van der Waals surface area contributed by atoms with E-state index in [2.05, 4.69) is 10.3 Å². The lowest BCUT2D eigenvalue weighted by Crippen LogP contribution is -2.29. The largest absolute Gasteiger partial charge is 0.479 e. The van der Waals surface area contributed by atoms with E-state index < -0.39 is 18.2 Å². The summed E-state index contributed by atoms with van der Waals surface area (Å²) in [5.74, 6) is -1.33. The van der Waals surface area contributed by atoms with Crippen molar-refractivity contribution in [2.45, 2.75) is 25.0 Å². The van der Waals surface area contributed by atoms with Gasteiger partial charge in [-0.15, -0.1) is 11.3 Å². The van der Waals surface area contributed by atoms with E-state index in [1.807, 2.05) is 12.1 Å². The number of carbonyl (C=O) groups is 2. The van der Waals surface area contributed by atoms with Gasteiger partial charge in [0.1, 0.15) is 6.10 Å². The van der Waals surface area contributed by atoms with Crippen LogP contribution in [0, 0.1) is 0 Å². The Bertz CT molecular complexity index is 669. The maximum absolute atomic E-state index is 12.0. The third-order valence-corrected chi connectivity index (χ3v) is 3.98. The molecule has 0 spiro atoms. The smallest absolute Gasteiger partial charge is 0.332 e. The molecule has 1 amide bonds. The highest BCUT2D eigenvalue weighted by molar-refractivity contribution is 7.16. The minimum atomic E-state index is -1.02. The molecule has 6 nitrogen and oxygen atoms in total. The summed E-state index contributed by atoms with van der Waals surface area (Å²) in [7, 11) is 0. The molecule has 2 heterocycles. The monoisotopic (exact) mass is 292 g/mol. The van der Waals surface area contributed by atoms with E-state index >= 15 is 0 Å². The third-order valence-electron chi connectivity index (χ3n) is 3.19. The Morgan fingerprint density at radius 2 is 2.15 bits per heavy atom. The van der Waals surface area contributed by atoms with Crippen LogP contribution >= 0.6 is 11.3 Å². The zero-order valence-corrected chi connectivity index (χ0v) is 11.2. The maximum Gasteiger partial charge on any atom is 0.332 e. The molecular formula is C13H12N2O4S. The van der Waals surface area contributed by atoms with E-state index in [0.717, 1.165) is 10.2 Å². The number of thiazole rings is 1. The van der Waals surface area contributed by atoms with Crippen molar-refractivity contribution < 1.29 is 19.4 Å². The summed E-state index contributed by atoms with van der Waals surface area (Å²) in [5, 5.41) is 11.6. The van der Waals surface area contributed by atoms with E-state index in [4.69, 9.17) is 9.84 Å². The van der Waals surface area contributed by atoms with Crippen LogP contribution in [0.2, 0.25) is 0 Å². The molecule has 0 bridgehead atoms. The Balaban J connectivity index is 1.68. The van der Waals surface area contributed by atoms with Crippen molar-refractivity contribution in [3.8, 4) is 0 Å². The number of aliphatic carboxylic acids is 1. The van der Waals surface area contributed by atoms with Crippen molar-refractivity contribution in [2.75, 3.05) is 5.32 Å². The van der Waals surface area contributed by atoms with Gasteiger partial charge in [-0.05, 0) is 31.0 Å². The number of nitrogens with zero attached hydrogens (tertiary/aromatic N) is 1. The average molecular weight is 292 g/mol. The molecule has 2 aromatic rings. The van der Waals surface area contributed by atoms with E-state index in [1.54, 1.807) is 11.6 Å². The van der Waals surface area contributed by atoms with Crippen LogP contribution in [0.4, 0.5) is 5.69 Å². The fourth-order valence-corrected chi connectivity index (χ4v) is 2.88. The number of carbonyl (C=O) groups excluding carboxylic acids is 1. The summed E-state index contributed by atoms with van der Waals surface area (Å²) in [6.45, 7) is 0. The minimum absolute atomic E-state index is 0.308. The molecule has 1 aromatic carbocycles. The highest BCUT2D eigenvalue weighted by Gasteiger charge is 2.34. The molecule has 0 unspecified atom stereocenters. The highest BCUT2D eigenvalue weighted by atomic mass is 32.1. The van der Waals surface area contributed by atoms with Gasteiger partial charge in [0.25, 0.3) is 5.91 Å². The molecule has 20 heavy (non-hydrogen) atoms. The number of ether oxygens (including phenoxy) is 1. The second-order valence-electron chi connectivity index (χ2n) is 4.55. The van der Waals surface area contributed by atoms with Crippen LogP contribution in [0.3, 0.4) is 0 Å². The number of hydrogen-bond donors (Lipinski definition) is 2. The normalized spacial score (nSPS) is 22.0. The summed E-state index contributed by atoms with van der Waals surface area (Å²) in [4.78, 5) is 27.0. The van der Waals surface area contributed by atoms with Crippen molar-refractivity contribution >= 4 is 39.1 Å². The topological polar surface area (TPSA) is 88.5 Å². The zero-order valence-electron chi connectivity index (χ0n) is 10.4. The van der Waals surface area contributed by atoms with Crippen LogP contribution in [0.5, 0.6) is 0 Å². The number of amides is 1. The lowest BCUT2D eigenvalue weighted by atomic mass is 10.2. The molecule has 0 aliphatic carbocycles.